The van der Waals surface area contributed by atoms with Crippen molar-refractivity contribution in [2.24, 2.45) is 7.05 Å². The molecule has 0 saturated carbocycles. The van der Waals surface area contributed by atoms with E-state index >= 15 is 0 Å². The van der Waals surface area contributed by atoms with E-state index in [9.17, 15) is 5.11 Å². The van der Waals surface area contributed by atoms with Crippen molar-refractivity contribution in [3.8, 4) is 0 Å². The van der Waals surface area contributed by atoms with Gasteiger partial charge in [-0.25, -0.2) is 0 Å². The van der Waals surface area contributed by atoms with E-state index in [-0.39, 0.29) is 0 Å². The Labute approximate surface area is 97.8 Å². The van der Waals surface area contributed by atoms with Crippen LogP contribution in [0.2, 0.25) is 0 Å². The quantitative estimate of drug-likeness (QED) is 0.805. The standard InChI is InChI=1S/C10H14N4OS/c1-14-7-12-13-10(14)6-11-5-8(15)9-3-2-4-16-9/h2-4,7-8,11,15H,5-6H2,1H3. The first-order valence-corrected chi connectivity index (χ1v) is 5.90. The molecule has 1 unspecified atom stereocenters. The van der Waals surface area contributed by atoms with Gasteiger partial charge in [-0.2, -0.15) is 0 Å². The minimum Gasteiger partial charge on any atom is -0.386 e. The van der Waals surface area contributed by atoms with Gasteiger partial charge in [-0.15, -0.1) is 21.5 Å². The zero-order valence-corrected chi connectivity index (χ0v) is 9.81. The maximum Gasteiger partial charge on any atom is 0.146 e. The van der Waals surface area contributed by atoms with Crippen LogP contribution in [0.3, 0.4) is 0 Å². The third-order valence-corrected chi connectivity index (χ3v) is 3.27. The summed E-state index contributed by atoms with van der Waals surface area (Å²) >= 11 is 1.56. The Hall–Kier alpha value is -1.24. The van der Waals surface area contributed by atoms with E-state index in [0.717, 1.165) is 10.7 Å². The fourth-order valence-electron chi connectivity index (χ4n) is 1.37. The van der Waals surface area contributed by atoms with Crippen molar-refractivity contribution in [2.75, 3.05) is 6.54 Å². The van der Waals surface area contributed by atoms with Crippen molar-refractivity contribution in [1.82, 2.24) is 20.1 Å². The molecule has 2 heterocycles. The summed E-state index contributed by atoms with van der Waals surface area (Å²) < 4.78 is 1.85. The minimum atomic E-state index is -0.451. The molecule has 2 aromatic heterocycles. The second kappa shape index (κ2) is 5.20. The molecule has 0 aliphatic carbocycles. The molecule has 86 valence electrons. The number of aryl methyl sites for hydroxylation is 1. The molecule has 0 aromatic carbocycles. The third kappa shape index (κ3) is 2.66. The van der Waals surface area contributed by atoms with Crippen LogP contribution >= 0.6 is 11.3 Å². The predicted octanol–water partition coefficient (Wildman–Crippen LogP) is 0.700. The lowest BCUT2D eigenvalue weighted by Gasteiger charge is -2.09. The number of nitrogens with one attached hydrogen (secondary N) is 1. The maximum atomic E-state index is 9.81. The highest BCUT2D eigenvalue weighted by molar-refractivity contribution is 7.10. The highest BCUT2D eigenvalue weighted by Crippen LogP contribution is 2.17. The summed E-state index contributed by atoms with van der Waals surface area (Å²) in [7, 11) is 1.90. The van der Waals surface area contributed by atoms with Gasteiger partial charge in [0.25, 0.3) is 0 Å². The number of rotatable bonds is 5. The number of hydrogen-bond donors (Lipinski definition) is 2. The van der Waals surface area contributed by atoms with Crippen molar-refractivity contribution in [1.29, 1.82) is 0 Å². The molecule has 0 bridgehead atoms. The lowest BCUT2D eigenvalue weighted by Crippen LogP contribution is -2.22. The molecule has 0 amide bonds. The number of nitrogens with zero attached hydrogens (tertiary/aromatic N) is 3. The van der Waals surface area contributed by atoms with Gasteiger partial charge in [0.2, 0.25) is 0 Å². The second-order valence-corrected chi connectivity index (χ2v) is 4.50. The fourth-order valence-corrected chi connectivity index (χ4v) is 2.08. The Bertz CT molecular complexity index is 426. The first-order chi connectivity index (χ1) is 7.77. The molecule has 6 heteroatoms. The zero-order chi connectivity index (χ0) is 11.4. The summed E-state index contributed by atoms with van der Waals surface area (Å²) in [4.78, 5) is 0.977. The van der Waals surface area contributed by atoms with Gasteiger partial charge >= 0.3 is 0 Å². The molecule has 2 aromatic rings. The van der Waals surface area contributed by atoms with Crippen LogP contribution in [0.4, 0.5) is 0 Å². The number of aliphatic hydroxyl groups excluding tert-OH is 1. The third-order valence-electron chi connectivity index (χ3n) is 2.30. The minimum absolute atomic E-state index is 0.451. The van der Waals surface area contributed by atoms with Crippen LogP contribution in [0, 0.1) is 0 Å². The lowest BCUT2D eigenvalue weighted by molar-refractivity contribution is 0.177. The molecule has 2 rings (SSSR count). The first-order valence-electron chi connectivity index (χ1n) is 5.02. The van der Waals surface area contributed by atoms with Crippen molar-refractivity contribution in [3.63, 3.8) is 0 Å². The Kier molecular flexibility index (Phi) is 3.66. The van der Waals surface area contributed by atoms with Crippen LogP contribution in [0.15, 0.2) is 23.8 Å². The monoisotopic (exact) mass is 238 g/mol. The zero-order valence-electron chi connectivity index (χ0n) is 9.00. The van der Waals surface area contributed by atoms with Gasteiger partial charge in [0, 0.05) is 18.5 Å². The van der Waals surface area contributed by atoms with Gasteiger partial charge in [0.1, 0.15) is 18.3 Å². The normalized spacial score (nSPS) is 12.9. The first kappa shape index (κ1) is 11.3. The summed E-state index contributed by atoms with van der Waals surface area (Å²) in [5.41, 5.74) is 0. The molecule has 0 radical (unpaired) electrons. The highest BCUT2D eigenvalue weighted by atomic mass is 32.1. The highest BCUT2D eigenvalue weighted by Gasteiger charge is 2.08. The van der Waals surface area contributed by atoms with E-state index in [0.29, 0.717) is 13.1 Å². The molecule has 2 N–H and O–H groups in total. The number of aliphatic hydroxyl groups is 1. The van der Waals surface area contributed by atoms with Gasteiger partial charge in [-0.3, -0.25) is 0 Å². The predicted molar refractivity (Wildman–Crippen MR) is 62.0 cm³/mol. The van der Waals surface area contributed by atoms with Crippen molar-refractivity contribution < 1.29 is 5.11 Å². The SMILES string of the molecule is Cn1cnnc1CNCC(O)c1cccs1. The van der Waals surface area contributed by atoms with Crippen LogP contribution in [-0.4, -0.2) is 26.4 Å². The molecule has 0 aliphatic rings. The van der Waals surface area contributed by atoms with Crippen LogP contribution < -0.4 is 5.32 Å². The molecule has 16 heavy (non-hydrogen) atoms. The van der Waals surface area contributed by atoms with Gasteiger partial charge in [-0.05, 0) is 11.4 Å². The topological polar surface area (TPSA) is 63.0 Å². The average molecular weight is 238 g/mol. The molecule has 0 fully saturated rings. The summed E-state index contributed by atoms with van der Waals surface area (Å²) in [6.07, 6.45) is 1.21. The van der Waals surface area contributed by atoms with Crippen molar-refractivity contribution in [3.05, 3.63) is 34.5 Å². The van der Waals surface area contributed by atoms with E-state index < -0.39 is 6.10 Å². The molecular formula is C10H14N4OS. The summed E-state index contributed by atoms with van der Waals surface area (Å²) in [6.45, 7) is 1.13. The largest absolute Gasteiger partial charge is 0.386 e. The fraction of sp³-hybridized carbons (Fsp3) is 0.400. The molecule has 0 aliphatic heterocycles. The van der Waals surface area contributed by atoms with Crippen LogP contribution in [0.25, 0.3) is 0 Å². The summed E-state index contributed by atoms with van der Waals surface area (Å²) in [6, 6.07) is 3.87. The number of thiophene rings is 1. The van der Waals surface area contributed by atoms with E-state index in [2.05, 4.69) is 15.5 Å². The van der Waals surface area contributed by atoms with Gasteiger partial charge in [-0.1, -0.05) is 6.07 Å². The molecule has 1 atom stereocenters. The van der Waals surface area contributed by atoms with Gasteiger partial charge < -0.3 is 15.0 Å². The van der Waals surface area contributed by atoms with Crippen molar-refractivity contribution in [2.45, 2.75) is 12.6 Å². The summed E-state index contributed by atoms with van der Waals surface area (Å²) in [5.74, 6) is 0.860. The smallest absolute Gasteiger partial charge is 0.146 e. The average Bonchev–Trinajstić information content (AvgIpc) is 2.90. The van der Waals surface area contributed by atoms with Crippen LogP contribution in [-0.2, 0) is 13.6 Å². The van der Waals surface area contributed by atoms with Gasteiger partial charge in [0.15, 0.2) is 0 Å². The Morgan fingerprint density at radius 1 is 1.62 bits per heavy atom. The molecule has 0 spiro atoms. The summed E-state index contributed by atoms with van der Waals surface area (Å²) in [5, 5.41) is 22.7. The van der Waals surface area contributed by atoms with Crippen LogP contribution in [0.5, 0.6) is 0 Å². The lowest BCUT2D eigenvalue weighted by atomic mass is 10.3. The van der Waals surface area contributed by atoms with E-state index in [1.165, 1.54) is 0 Å². The van der Waals surface area contributed by atoms with E-state index in [4.69, 9.17) is 0 Å². The van der Waals surface area contributed by atoms with Gasteiger partial charge in [0.05, 0.1) is 6.54 Å². The second-order valence-electron chi connectivity index (χ2n) is 3.52. The van der Waals surface area contributed by atoms with E-state index in [1.807, 2.05) is 29.1 Å². The maximum absolute atomic E-state index is 9.81. The Morgan fingerprint density at radius 2 is 2.50 bits per heavy atom. The van der Waals surface area contributed by atoms with Crippen LogP contribution in [0.1, 0.15) is 16.8 Å². The number of aromatic nitrogens is 3. The molecular weight excluding hydrogens is 224 g/mol. The Morgan fingerprint density at radius 3 is 3.12 bits per heavy atom. The number of hydrogen-bond acceptors (Lipinski definition) is 5. The van der Waals surface area contributed by atoms with Crippen molar-refractivity contribution >= 4 is 11.3 Å². The molecule has 5 nitrogen and oxygen atoms in total. The van der Waals surface area contributed by atoms with E-state index in [1.54, 1.807) is 17.7 Å². The molecule has 0 saturated heterocycles. The Balaban J connectivity index is 1.78.